The smallest absolute Gasteiger partial charge is 0.0634 e. The Morgan fingerprint density at radius 3 is 2.95 bits per heavy atom. The Bertz CT molecular complexity index is 452. The van der Waals surface area contributed by atoms with Crippen LogP contribution < -0.4 is 5.32 Å². The van der Waals surface area contributed by atoms with Gasteiger partial charge in [-0.3, -0.25) is 0 Å². The second-order valence-corrected chi connectivity index (χ2v) is 6.62. The van der Waals surface area contributed by atoms with Crippen molar-refractivity contribution in [2.24, 2.45) is 5.41 Å². The number of nitrogens with one attached hydrogen (secondary N) is 1. The zero-order valence-electron chi connectivity index (χ0n) is 12.8. The number of benzene rings is 1. The van der Waals surface area contributed by atoms with Crippen LogP contribution in [-0.2, 0) is 4.74 Å². The van der Waals surface area contributed by atoms with Crippen LogP contribution in [0.1, 0.15) is 49.1 Å². The molecule has 0 bridgehead atoms. The van der Waals surface area contributed by atoms with Gasteiger partial charge in [-0.05, 0) is 38.3 Å². The molecule has 1 aliphatic carbocycles. The van der Waals surface area contributed by atoms with Crippen molar-refractivity contribution in [2.45, 2.75) is 51.0 Å². The lowest BCUT2D eigenvalue weighted by Gasteiger charge is -2.51. The molecule has 3 rings (SSSR count). The summed E-state index contributed by atoms with van der Waals surface area (Å²) in [6.07, 6.45) is 6.94. The van der Waals surface area contributed by atoms with E-state index < -0.39 is 0 Å². The molecule has 2 nitrogen and oxygen atoms in total. The molecule has 1 aromatic carbocycles. The molecule has 3 atom stereocenters. The molecule has 1 saturated carbocycles. The van der Waals surface area contributed by atoms with Gasteiger partial charge >= 0.3 is 0 Å². The summed E-state index contributed by atoms with van der Waals surface area (Å²) in [4.78, 5) is 0. The highest BCUT2D eigenvalue weighted by Crippen LogP contribution is 2.52. The molecule has 2 fully saturated rings. The Morgan fingerprint density at radius 2 is 2.15 bits per heavy atom. The van der Waals surface area contributed by atoms with Crippen molar-refractivity contribution < 1.29 is 4.74 Å². The molecule has 2 heteroatoms. The van der Waals surface area contributed by atoms with Crippen LogP contribution in [0.5, 0.6) is 0 Å². The number of rotatable bonds is 2. The van der Waals surface area contributed by atoms with Gasteiger partial charge in [0.25, 0.3) is 0 Å². The van der Waals surface area contributed by atoms with E-state index >= 15 is 0 Å². The fraction of sp³-hybridized carbons (Fsp3) is 0.667. The molecular weight excluding hydrogens is 246 g/mol. The lowest BCUT2D eigenvalue weighted by atomic mass is 9.59. The van der Waals surface area contributed by atoms with E-state index in [1.807, 2.05) is 7.11 Å². The molecule has 1 N–H and O–H groups in total. The van der Waals surface area contributed by atoms with Crippen LogP contribution in [0, 0.1) is 12.3 Å². The third-order valence-electron chi connectivity index (χ3n) is 5.54. The van der Waals surface area contributed by atoms with Gasteiger partial charge in [0.05, 0.1) is 6.10 Å². The number of piperidine rings is 1. The Labute approximate surface area is 122 Å². The van der Waals surface area contributed by atoms with Gasteiger partial charge in [0.1, 0.15) is 0 Å². The van der Waals surface area contributed by atoms with E-state index in [1.165, 1.54) is 43.2 Å². The number of hydrogen-bond acceptors (Lipinski definition) is 2. The van der Waals surface area contributed by atoms with Crippen LogP contribution >= 0.6 is 0 Å². The second-order valence-electron chi connectivity index (χ2n) is 6.62. The molecule has 1 spiro atoms. The maximum Gasteiger partial charge on any atom is 0.0634 e. The van der Waals surface area contributed by atoms with Crippen molar-refractivity contribution in [1.29, 1.82) is 0 Å². The third-order valence-corrected chi connectivity index (χ3v) is 5.54. The first-order chi connectivity index (χ1) is 9.76. The van der Waals surface area contributed by atoms with Crippen LogP contribution in [0.15, 0.2) is 24.3 Å². The number of ether oxygens (including phenoxy) is 1. The van der Waals surface area contributed by atoms with Gasteiger partial charge in [-0.15, -0.1) is 0 Å². The van der Waals surface area contributed by atoms with Crippen LogP contribution in [0.3, 0.4) is 0 Å². The molecule has 0 amide bonds. The molecule has 110 valence electrons. The molecular formula is C18H27NO. The normalized spacial score (nSPS) is 34.3. The maximum absolute atomic E-state index is 5.94. The number of hydrogen-bond donors (Lipinski definition) is 1. The zero-order valence-corrected chi connectivity index (χ0v) is 12.8. The standard InChI is InChI=1S/C18H27NO/c1-14-6-5-7-15(12-14)16-13-19-11-10-18(16)9-4-3-8-17(18)20-2/h5-7,12,16-17,19H,3-4,8-11,13H2,1-2H3. The highest BCUT2D eigenvalue weighted by molar-refractivity contribution is 5.29. The summed E-state index contributed by atoms with van der Waals surface area (Å²) in [5, 5.41) is 3.61. The average molecular weight is 273 g/mol. The van der Waals surface area contributed by atoms with E-state index in [0.29, 0.717) is 17.4 Å². The summed E-state index contributed by atoms with van der Waals surface area (Å²) >= 11 is 0. The first-order valence-corrected chi connectivity index (χ1v) is 8.06. The SMILES string of the molecule is COC1CCCCC12CCNCC2c1cccc(C)c1. The van der Waals surface area contributed by atoms with E-state index in [4.69, 9.17) is 4.74 Å². The van der Waals surface area contributed by atoms with Gasteiger partial charge in [-0.25, -0.2) is 0 Å². The molecule has 0 aromatic heterocycles. The minimum atomic E-state index is 0.353. The van der Waals surface area contributed by atoms with E-state index in [2.05, 4.69) is 36.5 Å². The molecule has 1 saturated heterocycles. The minimum absolute atomic E-state index is 0.353. The third kappa shape index (κ3) is 2.40. The van der Waals surface area contributed by atoms with Gasteiger partial charge in [0, 0.05) is 25.0 Å². The van der Waals surface area contributed by atoms with Crippen LogP contribution in [0.4, 0.5) is 0 Å². The summed E-state index contributed by atoms with van der Waals surface area (Å²) in [5.41, 5.74) is 3.22. The molecule has 2 aliphatic rings. The van der Waals surface area contributed by atoms with Gasteiger partial charge < -0.3 is 10.1 Å². The number of methoxy groups -OCH3 is 1. The van der Waals surface area contributed by atoms with E-state index in [9.17, 15) is 0 Å². The predicted molar refractivity (Wildman–Crippen MR) is 83.1 cm³/mol. The summed E-state index contributed by atoms with van der Waals surface area (Å²) in [7, 11) is 1.91. The summed E-state index contributed by atoms with van der Waals surface area (Å²) in [6.45, 7) is 4.44. The lowest BCUT2D eigenvalue weighted by molar-refractivity contribution is -0.0717. The molecule has 1 heterocycles. The van der Waals surface area contributed by atoms with Crippen molar-refractivity contribution in [3.63, 3.8) is 0 Å². The zero-order chi connectivity index (χ0) is 14.0. The van der Waals surface area contributed by atoms with Gasteiger partial charge in [-0.2, -0.15) is 0 Å². The van der Waals surface area contributed by atoms with Crippen LogP contribution in [-0.4, -0.2) is 26.3 Å². The predicted octanol–water partition coefficient (Wildman–Crippen LogP) is 3.65. The Hall–Kier alpha value is -0.860. The summed E-state index contributed by atoms with van der Waals surface area (Å²) in [5.74, 6) is 0.599. The Balaban J connectivity index is 1.97. The Kier molecular flexibility index (Phi) is 4.13. The largest absolute Gasteiger partial charge is 0.381 e. The van der Waals surface area contributed by atoms with E-state index in [0.717, 1.165) is 13.1 Å². The maximum atomic E-state index is 5.94. The van der Waals surface area contributed by atoms with E-state index in [-0.39, 0.29) is 0 Å². The lowest BCUT2D eigenvalue weighted by Crippen LogP contribution is -2.52. The first-order valence-electron chi connectivity index (χ1n) is 8.06. The topological polar surface area (TPSA) is 21.3 Å². The number of aryl methyl sites for hydroxylation is 1. The molecule has 20 heavy (non-hydrogen) atoms. The van der Waals surface area contributed by atoms with Crippen molar-refractivity contribution in [2.75, 3.05) is 20.2 Å². The second kappa shape index (κ2) is 5.87. The molecule has 0 radical (unpaired) electrons. The van der Waals surface area contributed by atoms with E-state index in [1.54, 1.807) is 0 Å². The minimum Gasteiger partial charge on any atom is -0.381 e. The highest BCUT2D eigenvalue weighted by atomic mass is 16.5. The summed E-state index contributed by atoms with van der Waals surface area (Å²) in [6, 6.07) is 9.09. The monoisotopic (exact) mass is 273 g/mol. The van der Waals surface area contributed by atoms with Gasteiger partial charge in [-0.1, -0.05) is 42.7 Å². The van der Waals surface area contributed by atoms with Gasteiger partial charge in [0.2, 0.25) is 0 Å². The molecule has 3 unspecified atom stereocenters. The van der Waals surface area contributed by atoms with Crippen LogP contribution in [0.25, 0.3) is 0 Å². The highest BCUT2D eigenvalue weighted by Gasteiger charge is 2.48. The summed E-state index contributed by atoms with van der Waals surface area (Å²) < 4.78 is 5.94. The van der Waals surface area contributed by atoms with Crippen molar-refractivity contribution in [1.82, 2.24) is 5.32 Å². The van der Waals surface area contributed by atoms with Crippen molar-refractivity contribution in [3.8, 4) is 0 Å². The first kappa shape index (κ1) is 14.1. The van der Waals surface area contributed by atoms with Crippen molar-refractivity contribution in [3.05, 3.63) is 35.4 Å². The molecule has 1 aromatic rings. The fourth-order valence-corrected chi connectivity index (χ4v) is 4.55. The Morgan fingerprint density at radius 1 is 1.25 bits per heavy atom. The average Bonchev–Trinajstić information content (AvgIpc) is 2.48. The fourth-order valence-electron chi connectivity index (χ4n) is 4.55. The van der Waals surface area contributed by atoms with Gasteiger partial charge in [0.15, 0.2) is 0 Å². The molecule has 1 aliphatic heterocycles. The van der Waals surface area contributed by atoms with Crippen LogP contribution in [0.2, 0.25) is 0 Å². The van der Waals surface area contributed by atoms with Crippen molar-refractivity contribution >= 4 is 0 Å². The quantitative estimate of drug-likeness (QED) is 0.888.